The van der Waals surface area contributed by atoms with E-state index >= 15 is 0 Å². The minimum absolute atomic E-state index is 0.973. The third-order valence-electron chi connectivity index (χ3n) is 2.29. The lowest BCUT2D eigenvalue weighted by Crippen LogP contribution is -2.03. The van der Waals surface area contributed by atoms with Gasteiger partial charge < -0.3 is 5.32 Å². The summed E-state index contributed by atoms with van der Waals surface area (Å²) in [5.74, 6) is 1.07. The maximum atomic E-state index is 3.43. The molecular weight excluding hydrogens is 294 g/mol. The Balaban J connectivity index is 1.71. The van der Waals surface area contributed by atoms with Crippen LogP contribution in [0.4, 0.5) is 5.69 Å². The van der Waals surface area contributed by atoms with Gasteiger partial charge in [0, 0.05) is 27.4 Å². The first-order valence-corrected chi connectivity index (χ1v) is 7.30. The Kier molecular flexibility index (Phi) is 4.95. The normalized spacial score (nSPS) is 10.2. The molecule has 2 aromatic rings. The first-order valence-electron chi connectivity index (χ1n) is 5.52. The topological polar surface area (TPSA) is 12.0 Å². The molecule has 0 radical (unpaired) electrons. The van der Waals surface area contributed by atoms with Gasteiger partial charge in [-0.3, -0.25) is 0 Å². The summed E-state index contributed by atoms with van der Waals surface area (Å²) < 4.78 is 1.11. The minimum atomic E-state index is 0.973. The first kappa shape index (κ1) is 12.5. The third-order valence-corrected chi connectivity index (χ3v) is 3.83. The van der Waals surface area contributed by atoms with E-state index in [2.05, 4.69) is 57.6 Å². The first-order chi connectivity index (χ1) is 8.34. The predicted octanol–water partition coefficient (Wildman–Crippen LogP) is 4.65. The number of thioether (sulfide) groups is 1. The Morgan fingerprint density at radius 3 is 2.35 bits per heavy atom. The fourth-order valence-corrected chi connectivity index (χ4v) is 2.50. The summed E-state index contributed by atoms with van der Waals surface area (Å²) >= 11 is 5.30. The van der Waals surface area contributed by atoms with E-state index in [1.54, 1.807) is 0 Å². The van der Waals surface area contributed by atoms with Crippen LogP contribution in [0.1, 0.15) is 0 Å². The molecule has 0 bridgehead atoms. The molecule has 17 heavy (non-hydrogen) atoms. The minimum Gasteiger partial charge on any atom is -0.384 e. The molecule has 0 aliphatic carbocycles. The van der Waals surface area contributed by atoms with Crippen molar-refractivity contribution in [2.24, 2.45) is 0 Å². The standard InChI is InChI=1S/C14H14BrNS/c15-12-6-8-13(9-7-12)16-10-11-17-14-4-2-1-3-5-14/h1-9,16H,10-11H2. The second kappa shape index (κ2) is 6.72. The number of anilines is 1. The molecular formula is C14H14BrNS. The van der Waals surface area contributed by atoms with Crippen molar-refractivity contribution in [1.82, 2.24) is 0 Å². The van der Waals surface area contributed by atoms with Gasteiger partial charge in [-0.2, -0.15) is 0 Å². The molecule has 1 N–H and O–H groups in total. The molecule has 0 aromatic heterocycles. The van der Waals surface area contributed by atoms with E-state index < -0.39 is 0 Å². The molecule has 0 saturated carbocycles. The largest absolute Gasteiger partial charge is 0.384 e. The van der Waals surface area contributed by atoms with Gasteiger partial charge in [-0.05, 0) is 36.4 Å². The van der Waals surface area contributed by atoms with Crippen molar-refractivity contribution < 1.29 is 0 Å². The molecule has 1 nitrogen and oxygen atoms in total. The predicted molar refractivity (Wildman–Crippen MR) is 79.8 cm³/mol. The third kappa shape index (κ3) is 4.44. The van der Waals surface area contributed by atoms with Crippen LogP contribution in [0.2, 0.25) is 0 Å². The lowest BCUT2D eigenvalue weighted by molar-refractivity contribution is 1.22. The van der Waals surface area contributed by atoms with Crippen molar-refractivity contribution in [3.63, 3.8) is 0 Å². The van der Waals surface area contributed by atoms with Gasteiger partial charge in [0.15, 0.2) is 0 Å². The van der Waals surface area contributed by atoms with Crippen LogP contribution < -0.4 is 5.32 Å². The number of nitrogens with one attached hydrogen (secondary N) is 1. The van der Waals surface area contributed by atoms with E-state index in [0.717, 1.165) is 16.8 Å². The molecule has 88 valence electrons. The lowest BCUT2D eigenvalue weighted by Gasteiger charge is -2.06. The molecule has 0 unspecified atom stereocenters. The van der Waals surface area contributed by atoms with Crippen molar-refractivity contribution >= 4 is 33.4 Å². The fraction of sp³-hybridized carbons (Fsp3) is 0.143. The summed E-state index contributed by atoms with van der Waals surface area (Å²) in [6.07, 6.45) is 0. The van der Waals surface area contributed by atoms with Gasteiger partial charge >= 0.3 is 0 Å². The van der Waals surface area contributed by atoms with Crippen LogP contribution in [-0.2, 0) is 0 Å². The lowest BCUT2D eigenvalue weighted by atomic mass is 10.3. The zero-order chi connectivity index (χ0) is 11.9. The molecule has 2 rings (SSSR count). The summed E-state index contributed by atoms with van der Waals surface area (Å²) in [4.78, 5) is 1.32. The van der Waals surface area contributed by atoms with Crippen LogP contribution in [0.25, 0.3) is 0 Å². The van der Waals surface area contributed by atoms with Gasteiger partial charge in [-0.1, -0.05) is 34.1 Å². The van der Waals surface area contributed by atoms with Gasteiger partial charge in [0.2, 0.25) is 0 Å². The average Bonchev–Trinajstić information content (AvgIpc) is 2.38. The van der Waals surface area contributed by atoms with Gasteiger partial charge in [-0.25, -0.2) is 0 Å². The number of rotatable bonds is 5. The van der Waals surface area contributed by atoms with E-state index in [4.69, 9.17) is 0 Å². The Hall–Kier alpha value is -0.930. The molecule has 0 atom stereocenters. The SMILES string of the molecule is Brc1ccc(NCCSc2ccccc2)cc1. The average molecular weight is 308 g/mol. The van der Waals surface area contributed by atoms with Crippen LogP contribution in [0, 0.1) is 0 Å². The second-order valence-corrected chi connectivity index (χ2v) is 5.68. The highest BCUT2D eigenvalue weighted by atomic mass is 79.9. The second-order valence-electron chi connectivity index (χ2n) is 3.60. The van der Waals surface area contributed by atoms with Crippen LogP contribution >= 0.6 is 27.7 Å². The Morgan fingerprint density at radius 1 is 0.941 bits per heavy atom. The molecule has 0 heterocycles. The Morgan fingerprint density at radius 2 is 1.65 bits per heavy atom. The van der Waals surface area contributed by atoms with Crippen molar-refractivity contribution in [2.75, 3.05) is 17.6 Å². The van der Waals surface area contributed by atoms with Gasteiger partial charge in [0.1, 0.15) is 0 Å². The van der Waals surface area contributed by atoms with Crippen molar-refractivity contribution in [2.45, 2.75) is 4.90 Å². The van der Waals surface area contributed by atoms with Crippen molar-refractivity contribution in [1.29, 1.82) is 0 Å². The van der Waals surface area contributed by atoms with Crippen LogP contribution in [0.3, 0.4) is 0 Å². The molecule has 0 fully saturated rings. The molecule has 0 aliphatic rings. The number of benzene rings is 2. The smallest absolute Gasteiger partial charge is 0.0341 e. The summed E-state index contributed by atoms with van der Waals surface area (Å²) in [5.41, 5.74) is 1.17. The molecule has 0 spiro atoms. The van der Waals surface area contributed by atoms with Gasteiger partial charge in [-0.15, -0.1) is 11.8 Å². The number of hydrogen-bond acceptors (Lipinski definition) is 2. The molecule has 0 aliphatic heterocycles. The zero-order valence-electron chi connectivity index (χ0n) is 9.40. The molecule has 2 aromatic carbocycles. The Bertz CT molecular complexity index is 442. The van der Waals surface area contributed by atoms with Crippen LogP contribution in [0.5, 0.6) is 0 Å². The van der Waals surface area contributed by atoms with Crippen LogP contribution in [0.15, 0.2) is 64.0 Å². The summed E-state index contributed by atoms with van der Waals surface area (Å²) in [7, 11) is 0. The Labute approximate surface area is 115 Å². The zero-order valence-corrected chi connectivity index (χ0v) is 11.8. The van der Waals surface area contributed by atoms with Crippen molar-refractivity contribution in [3.05, 3.63) is 59.1 Å². The highest BCUT2D eigenvalue weighted by Gasteiger charge is 1.94. The monoisotopic (exact) mass is 307 g/mol. The van der Waals surface area contributed by atoms with E-state index in [1.807, 2.05) is 30.0 Å². The maximum Gasteiger partial charge on any atom is 0.0341 e. The molecule has 0 saturated heterocycles. The number of halogens is 1. The fourth-order valence-electron chi connectivity index (χ4n) is 1.45. The van der Waals surface area contributed by atoms with E-state index in [9.17, 15) is 0 Å². The van der Waals surface area contributed by atoms with E-state index in [-0.39, 0.29) is 0 Å². The highest BCUT2D eigenvalue weighted by molar-refractivity contribution is 9.10. The quantitative estimate of drug-likeness (QED) is 0.637. The van der Waals surface area contributed by atoms with Crippen LogP contribution in [-0.4, -0.2) is 12.3 Å². The molecule has 3 heteroatoms. The maximum absolute atomic E-state index is 3.43. The summed E-state index contributed by atoms with van der Waals surface area (Å²) in [6, 6.07) is 18.7. The molecule has 0 amide bonds. The summed E-state index contributed by atoms with van der Waals surface area (Å²) in [5, 5.41) is 3.40. The highest BCUT2D eigenvalue weighted by Crippen LogP contribution is 2.17. The van der Waals surface area contributed by atoms with Gasteiger partial charge in [0.25, 0.3) is 0 Å². The van der Waals surface area contributed by atoms with Gasteiger partial charge in [0.05, 0.1) is 0 Å². The van der Waals surface area contributed by atoms with Crippen molar-refractivity contribution in [3.8, 4) is 0 Å². The number of hydrogen-bond donors (Lipinski definition) is 1. The van der Waals surface area contributed by atoms with E-state index in [0.29, 0.717) is 0 Å². The van der Waals surface area contributed by atoms with E-state index in [1.165, 1.54) is 10.6 Å². The summed E-state index contributed by atoms with van der Waals surface area (Å²) in [6.45, 7) is 0.973.